The number of aromatic hydroxyl groups is 1. The van der Waals surface area contributed by atoms with Gasteiger partial charge in [0.15, 0.2) is 0 Å². The van der Waals surface area contributed by atoms with Crippen LogP contribution in [0, 0.1) is 0 Å². The summed E-state index contributed by atoms with van der Waals surface area (Å²) in [5, 5.41) is 12.9. The van der Waals surface area contributed by atoms with Crippen LogP contribution in [0.25, 0.3) is 0 Å². The van der Waals surface area contributed by atoms with Gasteiger partial charge in [-0.25, -0.2) is 0 Å². The maximum Gasteiger partial charge on any atom is 0.250 e. The number of carbonyl (C=O) groups excluding carboxylic acids is 1. The molecule has 0 spiro atoms. The first kappa shape index (κ1) is 11.7. The van der Waals surface area contributed by atoms with Crippen molar-refractivity contribution < 1.29 is 14.6 Å². The summed E-state index contributed by atoms with van der Waals surface area (Å²) in [6.45, 7) is 1.38. The number of anilines is 1. The zero-order valence-electron chi connectivity index (χ0n) is 9.48. The van der Waals surface area contributed by atoms with E-state index in [1.807, 2.05) is 0 Å². The quantitative estimate of drug-likeness (QED) is 0.686. The third kappa shape index (κ3) is 2.68. The highest BCUT2D eigenvalue weighted by Crippen LogP contribution is 2.29. The van der Waals surface area contributed by atoms with E-state index in [1.165, 1.54) is 6.07 Å². The predicted octanol–water partition coefficient (Wildman–Crippen LogP) is 1.08. The van der Waals surface area contributed by atoms with Crippen LogP contribution < -0.4 is 11.1 Å². The number of nitrogens with two attached hydrogens (primary N) is 1. The van der Waals surface area contributed by atoms with Gasteiger partial charge in [0.05, 0.1) is 11.3 Å². The lowest BCUT2D eigenvalue weighted by Gasteiger charge is -2.25. The molecule has 5 nitrogen and oxygen atoms in total. The van der Waals surface area contributed by atoms with E-state index < -0.39 is 5.91 Å². The highest BCUT2D eigenvalue weighted by atomic mass is 16.5. The molecule has 92 valence electrons. The van der Waals surface area contributed by atoms with Crippen molar-refractivity contribution >= 4 is 11.6 Å². The van der Waals surface area contributed by atoms with Crippen LogP contribution in [0.15, 0.2) is 18.2 Å². The van der Waals surface area contributed by atoms with Gasteiger partial charge in [-0.1, -0.05) is 6.07 Å². The number of phenolic OH excluding ortho intramolecular Hbond substituents is 1. The summed E-state index contributed by atoms with van der Waals surface area (Å²) in [5.74, 6) is -0.497. The van der Waals surface area contributed by atoms with Gasteiger partial charge in [-0.2, -0.15) is 0 Å². The van der Waals surface area contributed by atoms with E-state index in [0.717, 1.165) is 12.8 Å². The van der Waals surface area contributed by atoms with Crippen LogP contribution in [0.2, 0.25) is 0 Å². The molecule has 5 heteroatoms. The van der Waals surface area contributed by atoms with E-state index in [2.05, 4.69) is 5.32 Å². The third-order valence-corrected chi connectivity index (χ3v) is 2.88. The molecule has 17 heavy (non-hydrogen) atoms. The van der Waals surface area contributed by atoms with Crippen molar-refractivity contribution in [3.8, 4) is 5.75 Å². The third-order valence-electron chi connectivity index (χ3n) is 2.88. The number of carbonyl (C=O) groups is 1. The lowest BCUT2D eigenvalue weighted by atomic mass is 10.1. The number of nitrogens with one attached hydrogen (secondary N) is 1. The number of hydrogen-bond acceptors (Lipinski definition) is 4. The lowest BCUT2D eigenvalue weighted by Crippen LogP contribution is -2.29. The second-order valence-electron chi connectivity index (χ2n) is 4.09. The summed E-state index contributed by atoms with van der Waals surface area (Å²) in [7, 11) is 0. The molecule has 0 aromatic heterocycles. The Hall–Kier alpha value is -1.75. The Morgan fingerprint density at radius 1 is 1.41 bits per heavy atom. The van der Waals surface area contributed by atoms with Crippen molar-refractivity contribution in [3.05, 3.63) is 23.8 Å². The van der Waals surface area contributed by atoms with Crippen LogP contribution in [0.4, 0.5) is 5.69 Å². The number of benzene rings is 1. The minimum Gasteiger partial charge on any atom is -0.506 e. The standard InChI is InChI=1S/C12H16N2O3/c13-12(16)9-2-1-3-10(15)11(9)14-8-4-6-17-7-5-8/h1-3,8,14-15H,4-7H2,(H2,13,16). The highest BCUT2D eigenvalue weighted by Gasteiger charge is 2.18. The molecule has 1 saturated heterocycles. The Kier molecular flexibility index (Phi) is 3.49. The van der Waals surface area contributed by atoms with Gasteiger partial charge < -0.3 is 20.9 Å². The Balaban J connectivity index is 2.21. The number of rotatable bonds is 3. The van der Waals surface area contributed by atoms with Crippen molar-refractivity contribution in [1.29, 1.82) is 0 Å². The molecule has 2 rings (SSSR count). The van der Waals surface area contributed by atoms with Crippen LogP contribution in [-0.2, 0) is 4.74 Å². The molecule has 0 bridgehead atoms. The first-order valence-electron chi connectivity index (χ1n) is 5.64. The van der Waals surface area contributed by atoms with Gasteiger partial charge in [0.1, 0.15) is 5.75 Å². The van der Waals surface area contributed by atoms with E-state index >= 15 is 0 Å². The summed E-state index contributed by atoms with van der Waals surface area (Å²) < 4.78 is 5.25. The minimum atomic E-state index is -0.546. The molecule has 1 aliphatic rings. The van der Waals surface area contributed by atoms with Crippen molar-refractivity contribution in [2.45, 2.75) is 18.9 Å². The van der Waals surface area contributed by atoms with E-state index in [-0.39, 0.29) is 11.8 Å². The molecule has 4 N–H and O–H groups in total. The van der Waals surface area contributed by atoms with Gasteiger partial charge in [0, 0.05) is 19.3 Å². The van der Waals surface area contributed by atoms with Crippen LogP contribution in [0.1, 0.15) is 23.2 Å². The molecule has 1 fully saturated rings. The fourth-order valence-corrected chi connectivity index (χ4v) is 1.94. The molecule has 1 heterocycles. The second kappa shape index (κ2) is 5.05. The summed E-state index contributed by atoms with van der Waals surface area (Å²) >= 11 is 0. The Bertz CT molecular complexity index is 414. The summed E-state index contributed by atoms with van der Waals surface area (Å²) in [4.78, 5) is 11.3. The number of ether oxygens (including phenoxy) is 1. The smallest absolute Gasteiger partial charge is 0.250 e. The van der Waals surface area contributed by atoms with E-state index in [0.29, 0.717) is 24.5 Å². The van der Waals surface area contributed by atoms with Gasteiger partial charge in [-0.05, 0) is 25.0 Å². The van der Waals surface area contributed by atoms with Gasteiger partial charge >= 0.3 is 0 Å². The van der Waals surface area contributed by atoms with Crippen molar-refractivity contribution in [2.75, 3.05) is 18.5 Å². The molecule has 1 amide bonds. The summed E-state index contributed by atoms with van der Waals surface area (Å²) in [6, 6.07) is 4.94. The van der Waals surface area contributed by atoms with Crippen LogP contribution >= 0.6 is 0 Å². The van der Waals surface area contributed by atoms with Gasteiger partial charge in [0.25, 0.3) is 5.91 Å². The van der Waals surface area contributed by atoms with Crippen molar-refractivity contribution in [1.82, 2.24) is 0 Å². The van der Waals surface area contributed by atoms with Crippen molar-refractivity contribution in [2.24, 2.45) is 5.73 Å². The molecule has 0 radical (unpaired) electrons. The normalized spacial score (nSPS) is 16.7. The second-order valence-corrected chi connectivity index (χ2v) is 4.09. The molecule has 0 unspecified atom stereocenters. The molecule has 0 atom stereocenters. The minimum absolute atomic E-state index is 0.0489. The zero-order valence-corrected chi connectivity index (χ0v) is 9.48. The SMILES string of the molecule is NC(=O)c1cccc(O)c1NC1CCOCC1. The number of amides is 1. The highest BCUT2D eigenvalue weighted by molar-refractivity contribution is 5.99. The number of phenols is 1. The Morgan fingerprint density at radius 3 is 2.76 bits per heavy atom. The van der Waals surface area contributed by atoms with E-state index in [9.17, 15) is 9.90 Å². The number of para-hydroxylation sites is 1. The van der Waals surface area contributed by atoms with Crippen molar-refractivity contribution in [3.63, 3.8) is 0 Å². The van der Waals surface area contributed by atoms with E-state index in [4.69, 9.17) is 10.5 Å². The number of primary amides is 1. The average molecular weight is 236 g/mol. The lowest BCUT2D eigenvalue weighted by molar-refractivity contribution is 0.0903. The largest absolute Gasteiger partial charge is 0.506 e. The van der Waals surface area contributed by atoms with Gasteiger partial charge in [-0.3, -0.25) is 4.79 Å². The molecular formula is C12H16N2O3. The average Bonchev–Trinajstić information content (AvgIpc) is 2.33. The number of hydrogen-bond donors (Lipinski definition) is 3. The topological polar surface area (TPSA) is 84.6 Å². The van der Waals surface area contributed by atoms with E-state index in [1.54, 1.807) is 12.1 Å². The van der Waals surface area contributed by atoms with Gasteiger partial charge in [0.2, 0.25) is 0 Å². The maximum absolute atomic E-state index is 11.3. The fourth-order valence-electron chi connectivity index (χ4n) is 1.94. The molecular weight excluding hydrogens is 220 g/mol. The predicted molar refractivity (Wildman–Crippen MR) is 64.1 cm³/mol. The molecule has 0 aliphatic carbocycles. The molecule has 1 aromatic carbocycles. The molecule has 0 saturated carbocycles. The Labute approximate surface area is 99.6 Å². The van der Waals surface area contributed by atoms with Gasteiger partial charge in [-0.15, -0.1) is 0 Å². The summed E-state index contributed by atoms with van der Waals surface area (Å²) in [6.07, 6.45) is 1.71. The zero-order chi connectivity index (χ0) is 12.3. The first-order chi connectivity index (χ1) is 8.18. The maximum atomic E-state index is 11.3. The molecule has 1 aliphatic heterocycles. The fraction of sp³-hybridized carbons (Fsp3) is 0.417. The van der Waals surface area contributed by atoms with Crippen LogP contribution in [0.3, 0.4) is 0 Å². The first-order valence-corrected chi connectivity index (χ1v) is 5.64. The van der Waals surface area contributed by atoms with Crippen LogP contribution in [0.5, 0.6) is 5.75 Å². The Morgan fingerprint density at radius 2 is 2.12 bits per heavy atom. The van der Waals surface area contributed by atoms with Crippen LogP contribution in [-0.4, -0.2) is 30.3 Å². The summed E-state index contributed by atoms with van der Waals surface area (Å²) in [5.41, 5.74) is 6.01. The molecule has 1 aromatic rings. The monoisotopic (exact) mass is 236 g/mol.